The van der Waals surface area contributed by atoms with Gasteiger partial charge < -0.3 is 10.6 Å². The first-order valence-corrected chi connectivity index (χ1v) is 8.19. The Balaban J connectivity index is 1.64. The highest BCUT2D eigenvalue weighted by Crippen LogP contribution is 2.18. The van der Waals surface area contributed by atoms with Crippen molar-refractivity contribution in [2.24, 2.45) is 11.7 Å². The zero-order valence-electron chi connectivity index (χ0n) is 13.4. The molecule has 1 fully saturated rings. The fourth-order valence-corrected chi connectivity index (χ4v) is 2.93. The van der Waals surface area contributed by atoms with Crippen LogP contribution in [-0.4, -0.2) is 29.8 Å². The van der Waals surface area contributed by atoms with E-state index in [0.29, 0.717) is 32.4 Å². The molecule has 0 aromatic heterocycles. The first kappa shape index (κ1) is 16.5. The van der Waals surface area contributed by atoms with Crippen LogP contribution >= 0.6 is 0 Å². The molecule has 0 aliphatic carbocycles. The molecule has 0 saturated carbocycles. The summed E-state index contributed by atoms with van der Waals surface area (Å²) in [5, 5.41) is 0. The van der Waals surface area contributed by atoms with Crippen molar-refractivity contribution in [3.8, 4) is 0 Å². The number of amides is 2. The number of unbranched alkanes of at least 4 members (excludes halogenated alkanes) is 1. The first-order valence-electron chi connectivity index (χ1n) is 8.19. The van der Waals surface area contributed by atoms with Gasteiger partial charge in [0.15, 0.2) is 0 Å². The third-order valence-corrected chi connectivity index (χ3v) is 4.48. The summed E-state index contributed by atoms with van der Waals surface area (Å²) in [5.74, 6) is -0.0670. The molecule has 1 saturated heterocycles. The van der Waals surface area contributed by atoms with E-state index >= 15 is 0 Å². The lowest BCUT2D eigenvalue weighted by Crippen LogP contribution is -2.41. The number of nitrogens with two attached hydrogens (primary N) is 1. The van der Waals surface area contributed by atoms with Crippen LogP contribution in [0.4, 0.5) is 0 Å². The van der Waals surface area contributed by atoms with E-state index in [9.17, 15) is 9.59 Å². The highest BCUT2D eigenvalue weighted by Gasteiger charge is 2.25. The Kier molecular flexibility index (Phi) is 5.99. The Morgan fingerprint density at radius 3 is 2.36 bits per heavy atom. The normalized spacial score (nSPS) is 15.8. The molecule has 120 valence electrons. The van der Waals surface area contributed by atoms with E-state index in [-0.39, 0.29) is 17.7 Å². The second kappa shape index (κ2) is 7.97. The maximum absolute atomic E-state index is 12.1. The number of piperidine rings is 1. The zero-order valence-corrected chi connectivity index (χ0v) is 13.4. The van der Waals surface area contributed by atoms with Crippen LogP contribution in [0.3, 0.4) is 0 Å². The molecule has 2 N–H and O–H groups in total. The van der Waals surface area contributed by atoms with Crippen molar-refractivity contribution < 1.29 is 9.59 Å². The molecule has 1 aromatic rings. The lowest BCUT2D eigenvalue weighted by Gasteiger charge is -2.30. The second-order valence-electron chi connectivity index (χ2n) is 6.25. The molecule has 4 nitrogen and oxygen atoms in total. The van der Waals surface area contributed by atoms with Crippen LogP contribution in [-0.2, 0) is 16.0 Å². The average Bonchev–Trinajstić information content (AvgIpc) is 2.53. The molecule has 2 amide bonds. The molecule has 0 bridgehead atoms. The number of hydrogen-bond donors (Lipinski definition) is 1. The lowest BCUT2D eigenvalue weighted by molar-refractivity contribution is -0.135. The highest BCUT2D eigenvalue weighted by molar-refractivity contribution is 5.78. The third-order valence-electron chi connectivity index (χ3n) is 4.48. The maximum atomic E-state index is 12.1. The van der Waals surface area contributed by atoms with E-state index in [4.69, 9.17) is 5.73 Å². The van der Waals surface area contributed by atoms with Crippen molar-refractivity contribution in [3.05, 3.63) is 35.4 Å². The summed E-state index contributed by atoms with van der Waals surface area (Å²) in [5.41, 5.74) is 7.92. The van der Waals surface area contributed by atoms with Gasteiger partial charge in [0.25, 0.3) is 0 Å². The summed E-state index contributed by atoms with van der Waals surface area (Å²) in [6, 6.07) is 8.57. The number of hydrogen-bond acceptors (Lipinski definition) is 2. The minimum absolute atomic E-state index is 0.0504. The van der Waals surface area contributed by atoms with Gasteiger partial charge in [-0.15, -0.1) is 0 Å². The van der Waals surface area contributed by atoms with Crippen LogP contribution in [0, 0.1) is 12.8 Å². The molecule has 1 aliphatic rings. The standard InChI is InChI=1S/C18H26N2O2/c1-14-6-8-15(9-7-14)4-2-3-5-17(21)20-12-10-16(11-13-20)18(19)22/h6-9,16H,2-5,10-13H2,1H3,(H2,19,22). The quantitative estimate of drug-likeness (QED) is 0.820. The van der Waals surface area contributed by atoms with Gasteiger partial charge in [-0.3, -0.25) is 9.59 Å². The molecule has 4 heteroatoms. The number of likely N-dealkylation sites (tertiary alicyclic amines) is 1. The highest BCUT2D eigenvalue weighted by atomic mass is 16.2. The number of rotatable bonds is 6. The van der Waals surface area contributed by atoms with Gasteiger partial charge in [-0.2, -0.15) is 0 Å². The molecule has 0 atom stereocenters. The molecule has 1 aromatic carbocycles. The Morgan fingerprint density at radius 1 is 1.14 bits per heavy atom. The van der Waals surface area contributed by atoms with Crippen molar-refractivity contribution in [3.63, 3.8) is 0 Å². The number of carbonyl (C=O) groups is 2. The van der Waals surface area contributed by atoms with Crippen LogP contribution in [0.2, 0.25) is 0 Å². The second-order valence-corrected chi connectivity index (χ2v) is 6.25. The van der Waals surface area contributed by atoms with E-state index in [1.165, 1.54) is 11.1 Å². The van der Waals surface area contributed by atoms with Gasteiger partial charge in [0.1, 0.15) is 0 Å². The molecular formula is C18H26N2O2. The van der Waals surface area contributed by atoms with Crippen molar-refractivity contribution in [2.75, 3.05) is 13.1 Å². The van der Waals surface area contributed by atoms with Crippen LogP contribution in [0.5, 0.6) is 0 Å². The summed E-state index contributed by atoms with van der Waals surface area (Å²) in [7, 11) is 0. The Morgan fingerprint density at radius 2 is 1.77 bits per heavy atom. The fraction of sp³-hybridized carbons (Fsp3) is 0.556. The van der Waals surface area contributed by atoms with Gasteiger partial charge in [0.05, 0.1) is 0 Å². The van der Waals surface area contributed by atoms with Crippen molar-refractivity contribution in [2.45, 2.75) is 45.4 Å². The SMILES string of the molecule is Cc1ccc(CCCCC(=O)N2CCC(C(N)=O)CC2)cc1. The first-order chi connectivity index (χ1) is 10.6. The van der Waals surface area contributed by atoms with E-state index < -0.39 is 0 Å². The minimum Gasteiger partial charge on any atom is -0.369 e. The van der Waals surface area contributed by atoms with Gasteiger partial charge >= 0.3 is 0 Å². The summed E-state index contributed by atoms with van der Waals surface area (Å²) in [4.78, 5) is 25.1. The summed E-state index contributed by atoms with van der Waals surface area (Å²) < 4.78 is 0. The van der Waals surface area contributed by atoms with Crippen LogP contribution in [0.1, 0.15) is 43.2 Å². The minimum atomic E-state index is -0.231. The van der Waals surface area contributed by atoms with E-state index in [0.717, 1.165) is 19.3 Å². The summed E-state index contributed by atoms with van der Waals surface area (Å²) >= 11 is 0. The van der Waals surface area contributed by atoms with E-state index in [1.54, 1.807) is 0 Å². The van der Waals surface area contributed by atoms with Gasteiger partial charge in [-0.05, 0) is 44.6 Å². The number of benzene rings is 1. The largest absolute Gasteiger partial charge is 0.369 e. The van der Waals surface area contributed by atoms with E-state index in [1.807, 2.05) is 4.90 Å². The maximum Gasteiger partial charge on any atom is 0.222 e. The molecule has 0 spiro atoms. The summed E-state index contributed by atoms with van der Waals surface area (Å²) in [6.07, 6.45) is 5.01. The molecule has 2 rings (SSSR count). The third kappa shape index (κ3) is 4.86. The van der Waals surface area contributed by atoms with Crippen LogP contribution in [0.25, 0.3) is 0 Å². The van der Waals surface area contributed by atoms with Crippen LogP contribution < -0.4 is 5.73 Å². The Hall–Kier alpha value is -1.84. The van der Waals surface area contributed by atoms with Crippen molar-refractivity contribution >= 4 is 11.8 Å². The topological polar surface area (TPSA) is 63.4 Å². The molecular weight excluding hydrogens is 276 g/mol. The Bertz CT molecular complexity index is 502. The fourth-order valence-electron chi connectivity index (χ4n) is 2.93. The smallest absolute Gasteiger partial charge is 0.222 e. The molecule has 1 heterocycles. The van der Waals surface area contributed by atoms with Crippen molar-refractivity contribution in [1.82, 2.24) is 4.90 Å². The molecule has 0 radical (unpaired) electrons. The average molecular weight is 302 g/mol. The predicted octanol–water partition coefficient (Wildman–Crippen LogP) is 2.43. The monoisotopic (exact) mass is 302 g/mol. The molecule has 0 unspecified atom stereocenters. The van der Waals surface area contributed by atoms with Crippen LogP contribution in [0.15, 0.2) is 24.3 Å². The van der Waals surface area contributed by atoms with Gasteiger partial charge in [-0.25, -0.2) is 0 Å². The van der Waals surface area contributed by atoms with Crippen molar-refractivity contribution in [1.29, 1.82) is 0 Å². The molecule has 1 aliphatic heterocycles. The zero-order chi connectivity index (χ0) is 15.9. The number of nitrogens with zero attached hydrogens (tertiary/aromatic N) is 1. The van der Waals surface area contributed by atoms with E-state index in [2.05, 4.69) is 31.2 Å². The van der Waals surface area contributed by atoms with Gasteiger partial charge in [0.2, 0.25) is 11.8 Å². The number of aryl methyl sites for hydroxylation is 2. The predicted molar refractivity (Wildman–Crippen MR) is 87.2 cm³/mol. The lowest BCUT2D eigenvalue weighted by atomic mass is 9.96. The molecule has 22 heavy (non-hydrogen) atoms. The van der Waals surface area contributed by atoms with Gasteiger partial charge in [0, 0.05) is 25.4 Å². The number of carbonyl (C=O) groups excluding carboxylic acids is 2. The summed E-state index contributed by atoms with van der Waals surface area (Å²) in [6.45, 7) is 3.43. The van der Waals surface area contributed by atoms with Gasteiger partial charge in [-0.1, -0.05) is 29.8 Å². The number of primary amides is 1. The Labute approximate surface area is 132 Å².